The van der Waals surface area contributed by atoms with Gasteiger partial charge in [-0.15, -0.1) is 0 Å². The van der Waals surface area contributed by atoms with Gasteiger partial charge in [0.1, 0.15) is 0 Å². The van der Waals surface area contributed by atoms with E-state index in [-0.39, 0.29) is 12.1 Å². The number of likely N-dealkylation sites (tertiary alicyclic amines) is 1. The van der Waals surface area contributed by atoms with Gasteiger partial charge in [-0.3, -0.25) is 4.90 Å². The van der Waals surface area contributed by atoms with Gasteiger partial charge in [-0.1, -0.05) is 0 Å². The van der Waals surface area contributed by atoms with Gasteiger partial charge in [0.25, 0.3) is 0 Å². The van der Waals surface area contributed by atoms with Crippen LogP contribution in [0.1, 0.15) is 33.6 Å². The molecular formula is C16H32N4O. The molecule has 0 bridgehead atoms. The molecule has 122 valence electrons. The van der Waals surface area contributed by atoms with Crippen LogP contribution in [0.3, 0.4) is 0 Å². The molecule has 0 aromatic rings. The van der Waals surface area contributed by atoms with E-state index in [2.05, 4.69) is 29.1 Å². The molecule has 2 aliphatic heterocycles. The topological polar surface area (TPSA) is 38.8 Å². The second-order valence-corrected chi connectivity index (χ2v) is 7.14. The van der Waals surface area contributed by atoms with Crippen molar-refractivity contribution >= 4 is 6.03 Å². The average molecular weight is 296 g/mol. The van der Waals surface area contributed by atoms with Gasteiger partial charge in [0.2, 0.25) is 0 Å². The molecule has 0 saturated carbocycles. The van der Waals surface area contributed by atoms with E-state index in [0.29, 0.717) is 6.04 Å². The monoisotopic (exact) mass is 296 g/mol. The molecule has 2 heterocycles. The van der Waals surface area contributed by atoms with Crippen LogP contribution in [0.25, 0.3) is 0 Å². The van der Waals surface area contributed by atoms with Gasteiger partial charge in [-0.2, -0.15) is 0 Å². The maximum absolute atomic E-state index is 12.0. The van der Waals surface area contributed by atoms with E-state index in [1.165, 1.54) is 26.2 Å². The lowest BCUT2D eigenvalue weighted by Gasteiger charge is -2.41. The zero-order valence-corrected chi connectivity index (χ0v) is 14.1. The molecule has 0 aromatic carbocycles. The molecule has 2 saturated heterocycles. The summed E-state index contributed by atoms with van der Waals surface area (Å²) in [6.07, 6.45) is 2.29. The molecule has 1 atom stereocenters. The highest BCUT2D eigenvalue weighted by Gasteiger charge is 2.27. The van der Waals surface area contributed by atoms with Crippen LogP contribution in [-0.4, -0.2) is 79.1 Å². The Morgan fingerprint density at radius 3 is 2.43 bits per heavy atom. The van der Waals surface area contributed by atoms with Gasteiger partial charge >= 0.3 is 6.03 Å². The van der Waals surface area contributed by atoms with Crippen LogP contribution >= 0.6 is 0 Å². The van der Waals surface area contributed by atoms with E-state index in [1.54, 1.807) is 0 Å². The minimum atomic E-state index is 0.108. The fourth-order valence-electron chi connectivity index (χ4n) is 3.44. The lowest BCUT2D eigenvalue weighted by atomic mass is 9.95. The Hall–Kier alpha value is -0.810. The molecule has 2 fully saturated rings. The molecule has 2 rings (SSSR count). The van der Waals surface area contributed by atoms with E-state index in [9.17, 15) is 4.79 Å². The van der Waals surface area contributed by atoms with Gasteiger partial charge in [-0.05, 0) is 46.6 Å². The van der Waals surface area contributed by atoms with Crippen LogP contribution in [0.15, 0.2) is 0 Å². The van der Waals surface area contributed by atoms with Crippen LogP contribution < -0.4 is 5.32 Å². The summed E-state index contributed by atoms with van der Waals surface area (Å²) in [4.78, 5) is 19.0. The first-order valence-corrected chi connectivity index (χ1v) is 8.43. The highest BCUT2D eigenvalue weighted by Crippen LogP contribution is 2.20. The summed E-state index contributed by atoms with van der Waals surface area (Å²) in [5.74, 6) is 0.749. The number of carbonyl (C=O) groups is 1. The van der Waals surface area contributed by atoms with Crippen molar-refractivity contribution in [3.05, 3.63) is 0 Å². The highest BCUT2D eigenvalue weighted by atomic mass is 16.2. The van der Waals surface area contributed by atoms with Gasteiger partial charge in [0.05, 0.1) is 0 Å². The number of hydrogen-bond acceptors (Lipinski definition) is 3. The molecule has 0 aromatic heterocycles. The number of nitrogens with zero attached hydrogens (tertiary/aromatic N) is 3. The second kappa shape index (κ2) is 7.45. The largest absolute Gasteiger partial charge is 0.336 e. The Morgan fingerprint density at radius 2 is 1.86 bits per heavy atom. The fourth-order valence-corrected chi connectivity index (χ4v) is 3.44. The van der Waals surface area contributed by atoms with Crippen molar-refractivity contribution in [1.29, 1.82) is 0 Å². The van der Waals surface area contributed by atoms with Gasteiger partial charge < -0.3 is 15.1 Å². The molecule has 0 aliphatic carbocycles. The average Bonchev–Trinajstić information content (AvgIpc) is 2.42. The summed E-state index contributed by atoms with van der Waals surface area (Å²) in [5, 5.41) is 2.99. The predicted octanol–water partition coefficient (Wildman–Crippen LogP) is 1.45. The first-order valence-electron chi connectivity index (χ1n) is 8.43. The first-order chi connectivity index (χ1) is 9.95. The third-order valence-corrected chi connectivity index (χ3v) is 4.77. The minimum Gasteiger partial charge on any atom is -0.336 e. The standard InChI is InChI=1S/C16H32N4O/c1-13(2)17-16(21)19-7-5-15(6-8-19)12-20-10-9-18(4)11-14(20)3/h13-15H,5-12H2,1-4H3,(H,17,21)/t14-/m0/s1. The number of rotatable bonds is 3. The SMILES string of the molecule is CC(C)NC(=O)N1CCC(CN2CCN(C)C[C@@H]2C)CC1. The number of piperidine rings is 1. The van der Waals surface area contributed by atoms with Crippen molar-refractivity contribution < 1.29 is 4.79 Å². The number of hydrogen-bond donors (Lipinski definition) is 1. The normalized spacial score (nSPS) is 26.3. The van der Waals surface area contributed by atoms with Gasteiger partial charge in [0.15, 0.2) is 0 Å². The second-order valence-electron chi connectivity index (χ2n) is 7.14. The number of urea groups is 1. The predicted molar refractivity (Wildman–Crippen MR) is 86.5 cm³/mol. The first kappa shape index (κ1) is 16.6. The van der Waals surface area contributed by atoms with Crippen LogP contribution in [0.5, 0.6) is 0 Å². The number of carbonyl (C=O) groups excluding carboxylic acids is 1. The van der Waals surface area contributed by atoms with Crippen molar-refractivity contribution in [2.75, 3.05) is 46.3 Å². The number of piperazine rings is 1. The maximum Gasteiger partial charge on any atom is 0.317 e. The molecule has 5 heteroatoms. The van der Waals surface area contributed by atoms with E-state index in [0.717, 1.165) is 31.8 Å². The summed E-state index contributed by atoms with van der Waals surface area (Å²) in [6, 6.07) is 0.990. The summed E-state index contributed by atoms with van der Waals surface area (Å²) in [7, 11) is 2.21. The Labute approximate surface area is 129 Å². The van der Waals surface area contributed by atoms with Crippen molar-refractivity contribution in [3.63, 3.8) is 0 Å². The Bertz CT molecular complexity index is 339. The lowest BCUT2D eigenvalue weighted by Crippen LogP contribution is -2.53. The van der Waals surface area contributed by atoms with E-state index >= 15 is 0 Å². The quantitative estimate of drug-likeness (QED) is 0.857. The summed E-state index contributed by atoms with van der Waals surface area (Å²) in [5.41, 5.74) is 0. The molecule has 2 aliphatic rings. The van der Waals surface area contributed by atoms with Crippen LogP contribution in [-0.2, 0) is 0 Å². The smallest absolute Gasteiger partial charge is 0.317 e. The Kier molecular flexibility index (Phi) is 5.88. The maximum atomic E-state index is 12.0. The molecule has 1 N–H and O–H groups in total. The zero-order chi connectivity index (χ0) is 15.4. The molecule has 0 unspecified atom stereocenters. The summed E-state index contributed by atoms with van der Waals surface area (Å²) < 4.78 is 0. The van der Waals surface area contributed by atoms with E-state index < -0.39 is 0 Å². The van der Waals surface area contributed by atoms with Gasteiger partial charge in [0, 0.05) is 51.4 Å². The summed E-state index contributed by atoms with van der Waals surface area (Å²) >= 11 is 0. The molecular weight excluding hydrogens is 264 g/mol. The minimum absolute atomic E-state index is 0.108. The van der Waals surface area contributed by atoms with Gasteiger partial charge in [-0.25, -0.2) is 4.79 Å². The molecule has 5 nitrogen and oxygen atoms in total. The highest BCUT2D eigenvalue weighted by molar-refractivity contribution is 5.74. The molecule has 0 spiro atoms. The summed E-state index contributed by atoms with van der Waals surface area (Å²) in [6.45, 7) is 12.9. The van der Waals surface area contributed by atoms with Crippen molar-refractivity contribution in [1.82, 2.24) is 20.0 Å². The lowest BCUT2D eigenvalue weighted by molar-refractivity contribution is 0.0711. The Balaban J connectivity index is 1.73. The number of amides is 2. The number of likely N-dealkylation sites (N-methyl/N-ethyl adjacent to an activating group) is 1. The van der Waals surface area contributed by atoms with Crippen LogP contribution in [0, 0.1) is 5.92 Å². The van der Waals surface area contributed by atoms with E-state index in [4.69, 9.17) is 0 Å². The van der Waals surface area contributed by atoms with Crippen molar-refractivity contribution in [2.24, 2.45) is 5.92 Å². The van der Waals surface area contributed by atoms with Crippen LogP contribution in [0.2, 0.25) is 0 Å². The van der Waals surface area contributed by atoms with E-state index in [1.807, 2.05) is 18.7 Å². The molecule has 2 amide bonds. The molecule has 21 heavy (non-hydrogen) atoms. The van der Waals surface area contributed by atoms with Crippen LogP contribution in [0.4, 0.5) is 4.79 Å². The van der Waals surface area contributed by atoms with Crippen molar-refractivity contribution in [3.8, 4) is 0 Å². The zero-order valence-electron chi connectivity index (χ0n) is 14.1. The third kappa shape index (κ3) is 4.85. The third-order valence-electron chi connectivity index (χ3n) is 4.77. The fraction of sp³-hybridized carbons (Fsp3) is 0.938. The Morgan fingerprint density at radius 1 is 1.19 bits per heavy atom. The van der Waals surface area contributed by atoms with Crippen molar-refractivity contribution in [2.45, 2.75) is 45.7 Å². The molecule has 0 radical (unpaired) electrons. The number of nitrogens with one attached hydrogen (secondary N) is 1.